The van der Waals surface area contributed by atoms with Gasteiger partial charge in [0.05, 0.1) is 0 Å². The molecular weight excluding hydrogens is 253 g/mol. The maximum atomic E-state index is 8.55. The largest absolute Gasteiger partial charge is 2.00 e. The second-order valence-electron chi connectivity index (χ2n) is 0.447. The molecule has 0 heterocycles. The Morgan fingerprint density at radius 3 is 1.11 bits per heavy atom. The SMILES string of the molecule is O=P([O-])([O-])[O-].[Ca+2].[Fe].[Li+].[Mn]. The van der Waals surface area contributed by atoms with E-state index in [4.69, 9.17) is 19.2 Å². The van der Waals surface area contributed by atoms with Crippen LogP contribution in [0.5, 0.6) is 0 Å². The van der Waals surface area contributed by atoms with E-state index < -0.39 is 7.82 Å². The predicted octanol–water partition coefficient (Wildman–Crippen LogP) is -6.21. The molecule has 0 saturated heterocycles. The van der Waals surface area contributed by atoms with Crippen molar-refractivity contribution in [2.75, 3.05) is 0 Å². The molecule has 0 aliphatic rings. The molecule has 9 heavy (non-hydrogen) atoms. The van der Waals surface area contributed by atoms with Gasteiger partial charge in [0.2, 0.25) is 0 Å². The normalized spacial score (nSPS) is 6.56. The molecule has 0 spiro atoms. The summed E-state index contributed by atoms with van der Waals surface area (Å²) in [7, 11) is -5.39. The summed E-state index contributed by atoms with van der Waals surface area (Å²) in [5, 5.41) is 0. The number of rotatable bonds is 0. The molecule has 0 fully saturated rings. The van der Waals surface area contributed by atoms with E-state index in [1.165, 1.54) is 0 Å². The zero-order chi connectivity index (χ0) is 4.50. The van der Waals surface area contributed by atoms with Gasteiger partial charge in [0.25, 0.3) is 0 Å². The molecule has 1 radical (unpaired) electrons. The van der Waals surface area contributed by atoms with Crippen molar-refractivity contribution in [3.63, 3.8) is 0 Å². The summed E-state index contributed by atoms with van der Waals surface area (Å²) in [6.07, 6.45) is 0. The summed E-state index contributed by atoms with van der Waals surface area (Å²) in [5.41, 5.74) is 0. The van der Waals surface area contributed by atoms with E-state index in [1.54, 1.807) is 0 Å². The third-order valence-electron chi connectivity index (χ3n) is 0. The van der Waals surface area contributed by atoms with Crippen molar-refractivity contribution in [2.45, 2.75) is 0 Å². The average Bonchev–Trinajstić information content (AvgIpc) is 0.722. The van der Waals surface area contributed by atoms with Crippen LogP contribution >= 0.6 is 7.82 Å². The Morgan fingerprint density at radius 1 is 1.11 bits per heavy atom. The second-order valence-corrected chi connectivity index (χ2v) is 1.34. The third kappa shape index (κ3) is 98.8. The van der Waals surface area contributed by atoms with E-state index in [9.17, 15) is 0 Å². The summed E-state index contributed by atoms with van der Waals surface area (Å²) >= 11 is 0. The molecular formula is CaFeLiMnO4P. The Morgan fingerprint density at radius 2 is 1.11 bits per heavy atom. The zero-order valence-electron chi connectivity index (χ0n) is 4.52. The Bertz CT molecular complexity index is 66.7. The Labute approximate surface area is 116 Å². The molecule has 47 valence electrons. The van der Waals surface area contributed by atoms with Crippen LogP contribution in [0.15, 0.2) is 0 Å². The van der Waals surface area contributed by atoms with Gasteiger partial charge < -0.3 is 19.2 Å². The molecule has 0 atom stereocenters. The third-order valence-corrected chi connectivity index (χ3v) is 0. The van der Waals surface area contributed by atoms with Crippen molar-refractivity contribution in [1.29, 1.82) is 0 Å². The quantitative estimate of drug-likeness (QED) is 0.317. The molecule has 0 amide bonds. The van der Waals surface area contributed by atoms with Gasteiger partial charge in [-0.15, -0.1) is 0 Å². The van der Waals surface area contributed by atoms with Crippen LogP contribution in [0, 0.1) is 0 Å². The fourth-order valence-corrected chi connectivity index (χ4v) is 0. The minimum Gasteiger partial charge on any atom is -0.822 e. The van der Waals surface area contributed by atoms with Crippen molar-refractivity contribution in [3.8, 4) is 0 Å². The zero-order valence-corrected chi connectivity index (χ0v) is 9.91. The maximum Gasteiger partial charge on any atom is 2.00 e. The Hall–Kier alpha value is 3.01. The van der Waals surface area contributed by atoms with Crippen LogP contribution in [0.3, 0.4) is 0 Å². The number of hydrogen-bond donors (Lipinski definition) is 0. The average molecular weight is 253 g/mol. The summed E-state index contributed by atoms with van der Waals surface area (Å²) < 4.78 is 8.55. The molecule has 0 aliphatic heterocycles. The molecule has 0 N–H and O–H groups in total. The van der Waals surface area contributed by atoms with E-state index >= 15 is 0 Å². The number of phosphoric acid groups is 1. The molecule has 0 rings (SSSR count). The van der Waals surface area contributed by atoms with Crippen molar-refractivity contribution < 1.29 is 72.2 Å². The van der Waals surface area contributed by atoms with Crippen LogP contribution < -0.4 is 33.5 Å². The molecule has 0 aromatic rings. The summed E-state index contributed by atoms with van der Waals surface area (Å²) in [5.74, 6) is 0. The van der Waals surface area contributed by atoms with Crippen LogP contribution in [-0.2, 0) is 38.7 Å². The van der Waals surface area contributed by atoms with E-state index in [-0.39, 0.29) is 90.7 Å². The van der Waals surface area contributed by atoms with Crippen molar-refractivity contribution in [2.24, 2.45) is 0 Å². The molecule has 0 unspecified atom stereocenters. The standard InChI is InChI=1S/Ca.Fe.Li.Mn.H3O4P/c;;;;1-5(2,3)4/h;;;;(H3,1,2,3,4)/q+2;;+1;;/p-3. The van der Waals surface area contributed by atoms with Gasteiger partial charge in [-0.25, -0.2) is 0 Å². The van der Waals surface area contributed by atoms with Crippen LogP contribution in [-0.4, -0.2) is 37.7 Å². The van der Waals surface area contributed by atoms with Gasteiger partial charge in [0.1, 0.15) is 0 Å². The minimum absolute atomic E-state index is 0. The fraction of sp³-hybridized carbons (Fsp3) is 0. The van der Waals surface area contributed by atoms with E-state index in [1.807, 2.05) is 0 Å². The first-order valence-corrected chi connectivity index (χ1v) is 2.19. The first kappa shape index (κ1) is 29.6. The van der Waals surface area contributed by atoms with E-state index in [0.717, 1.165) is 0 Å². The van der Waals surface area contributed by atoms with Gasteiger partial charge in [0, 0.05) is 34.1 Å². The minimum atomic E-state index is -5.39. The van der Waals surface area contributed by atoms with Gasteiger partial charge >= 0.3 is 56.6 Å². The summed E-state index contributed by atoms with van der Waals surface area (Å²) in [4.78, 5) is 25.6. The Kier molecular flexibility index (Phi) is 44.7. The predicted molar refractivity (Wildman–Crippen MR) is 13.4 cm³/mol. The molecule has 0 aromatic heterocycles. The second kappa shape index (κ2) is 13.6. The maximum absolute atomic E-state index is 8.55. The molecule has 4 nitrogen and oxygen atoms in total. The fourth-order valence-electron chi connectivity index (χ4n) is 0. The van der Waals surface area contributed by atoms with E-state index in [2.05, 4.69) is 0 Å². The Balaban J connectivity index is -0.0000000133. The monoisotopic (exact) mass is 253 g/mol. The summed E-state index contributed by atoms with van der Waals surface area (Å²) in [6, 6.07) is 0. The van der Waals surface area contributed by atoms with Crippen LogP contribution in [0.2, 0.25) is 0 Å². The van der Waals surface area contributed by atoms with Crippen molar-refractivity contribution >= 4 is 45.6 Å². The first-order valence-electron chi connectivity index (χ1n) is 0.730. The first-order chi connectivity index (χ1) is 2.00. The van der Waals surface area contributed by atoms with Gasteiger partial charge in [-0.3, -0.25) is 0 Å². The topological polar surface area (TPSA) is 86.2 Å². The molecule has 0 bridgehead atoms. The molecule has 0 aliphatic carbocycles. The van der Waals surface area contributed by atoms with Gasteiger partial charge in [-0.1, -0.05) is 0 Å². The smallest absolute Gasteiger partial charge is 0.822 e. The van der Waals surface area contributed by atoms with Gasteiger partial charge in [-0.2, -0.15) is 7.82 Å². The van der Waals surface area contributed by atoms with E-state index in [0.29, 0.717) is 0 Å². The van der Waals surface area contributed by atoms with Crippen LogP contribution in [0.25, 0.3) is 0 Å². The molecule has 9 heteroatoms. The number of hydrogen-bond acceptors (Lipinski definition) is 4. The van der Waals surface area contributed by atoms with Crippen LogP contribution in [0.1, 0.15) is 0 Å². The van der Waals surface area contributed by atoms with Crippen molar-refractivity contribution in [3.05, 3.63) is 0 Å². The van der Waals surface area contributed by atoms with Gasteiger partial charge in [0.15, 0.2) is 0 Å². The van der Waals surface area contributed by atoms with Gasteiger partial charge in [-0.05, 0) is 0 Å². The summed E-state index contributed by atoms with van der Waals surface area (Å²) in [6.45, 7) is 0. The van der Waals surface area contributed by atoms with Crippen molar-refractivity contribution in [1.82, 2.24) is 0 Å². The van der Waals surface area contributed by atoms with Crippen LogP contribution in [0.4, 0.5) is 0 Å². The molecule has 0 saturated carbocycles. The molecule has 0 aromatic carbocycles.